The zero-order valence-corrected chi connectivity index (χ0v) is 8.51. The van der Waals surface area contributed by atoms with Crippen LogP contribution in [0.5, 0.6) is 0 Å². The van der Waals surface area contributed by atoms with E-state index in [0.29, 0.717) is 0 Å². The van der Waals surface area contributed by atoms with Crippen LogP contribution in [0.4, 0.5) is 0 Å². The molecule has 3 aromatic rings. The van der Waals surface area contributed by atoms with Crippen molar-refractivity contribution in [3.63, 3.8) is 0 Å². The maximum atomic E-state index is 4.48. The van der Waals surface area contributed by atoms with Crippen LogP contribution in [0.3, 0.4) is 0 Å². The summed E-state index contributed by atoms with van der Waals surface area (Å²) >= 11 is 0. The normalized spacial score (nSPS) is 11.8. The summed E-state index contributed by atoms with van der Waals surface area (Å²) in [5, 5.41) is 2.40. The third-order valence-electron chi connectivity index (χ3n) is 3.12. The van der Waals surface area contributed by atoms with Crippen LogP contribution in [-0.4, -0.2) is 9.97 Å². The predicted molar refractivity (Wildman–Crippen MR) is 64.0 cm³/mol. The highest BCUT2D eigenvalue weighted by Gasteiger charge is 2.22. The van der Waals surface area contributed by atoms with Crippen molar-refractivity contribution in [1.29, 1.82) is 0 Å². The van der Waals surface area contributed by atoms with Gasteiger partial charge in [0.1, 0.15) is 0 Å². The monoisotopic (exact) mass is 204 g/mol. The molecular weight excluding hydrogens is 196 g/mol. The topological polar surface area (TPSA) is 25.8 Å². The van der Waals surface area contributed by atoms with Crippen molar-refractivity contribution in [3.8, 4) is 22.5 Å². The van der Waals surface area contributed by atoms with Crippen molar-refractivity contribution in [2.24, 2.45) is 0 Å². The molecule has 1 aromatic carbocycles. The van der Waals surface area contributed by atoms with E-state index < -0.39 is 0 Å². The molecule has 4 rings (SSSR count). The minimum atomic E-state index is 1.07. The van der Waals surface area contributed by atoms with Gasteiger partial charge in [-0.1, -0.05) is 24.3 Å². The van der Waals surface area contributed by atoms with E-state index >= 15 is 0 Å². The zero-order valence-electron chi connectivity index (χ0n) is 8.51. The van der Waals surface area contributed by atoms with Gasteiger partial charge < -0.3 is 0 Å². The summed E-state index contributed by atoms with van der Waals surface area (Å²) in [7, 11) is 0. The average Bonchev–Trinajstić information content (AvgIpc) is 2.68. The third kappa shape index (κ3) is 0.823. The van der Waals surface area contributed by atoms with Crippen LogP contribution < -0.4 is 0 Å². The van der Waals surface area contributed by atoms with Gasteiger partial charge >= 0.3 is 0 Å². The van der Waals surface area contributed by atoms with Crippen LogP contribution in [-0.2, 0) is 0 Å². The Hall–Kier alpha value is -2.22. The van der Waals surface area contributed by atoms with E-state index in [9.17, 15) is 0 Å². The van der Waals surface area contributed by atoms with Gasteiger partial charge in [-0.05, 0) is 17.5 Å². The first-order valence-electron chi connectivity index (χ1n) is 5.28. The minimum absolute atomic E-state index is 1.07. The molecule has 0 spiro atoms. The first-order valence-corrected chi connectivity index (χ1v) is 5.28. The molecule has 0 atom stereocenters. The van der Waals surface area contributed by atoms with Crippen molar-refractivity contribution < 1.29 is 0 Å². The molecule has 1 aliphatic rings. The van der Waals surface area contributed by atoms with Crippen molar-refractivity contribution in [1.82, 2.24) is 9.97 Å². The summed E-state index contributed by atoms with van der Waals surface area (Å²) in [5.74, 6) is 0. The summed E-state index contributed by atoms with van der Waals surface area (Å²) in [4.78, 5) is 8.96. The van der Waals surface area contributed by atoms with E-state index in [1.54, 1.807) is 0 Å². The number of aromatic nitrogens is 2. The lowest BCUT2D eigenvalue weighted by molar-refractivity contribution is 1.35. The maximum absolute atomic E-state index is 4.48. The number of nitrogens with zero attached hydrogens (tertiary/aromatic N) is 2. The van der Waals surface area contributed by atoms with E-state index in [4.69, 9.17) is 0 Å². The van der Waals surface area contributed by atoms with Gasteiger partial charge in [0.25, 0.3) is 0 Å². The molecule has 0 saturated heterocycles. The molecule has 2 heterocycles. The lowest BCUT2D eigenvalue weighted by Gasteiger charge is -1.98. The fourth-order valence-electron chi connectivity index (χ4n) is 2.43. The molecule has 0 radical (unpaired) electrons. The Morgan fingerprint density at radius 3 is 1.81 bits per heavy atom. The molecular formula is C14H8N2. The summed E-state index contributed by atoms with van der Waals surface area (Å²) in [6.45, 7) is 0. The van der Waals surface area contributed by atoms with Crippen LogP contribution in [0.1, 0.15) is 0 Å². The average molecular weight is 204 g/mol. The molecule has 1 aliphatic carbocycles. The van der Waals surface area contributed by atoms with Crippen molar-refractivity contribution in [2.75, 3.05) is 0 Å². The van der Waals surface area contributed by atoms with Gasteiger partial charge in [-0.25, -0.2) is 0 Å². The molecule has 0 fully saturated rings. The molecule has 74 valence electrons. The smallest absolute Gasteiger partial charge is 0.0809 e. The third-order valence-corrected chi connectivity index (χ3v) is 3.12. The highest BCUT2D eigenvalue weighted by atomic mass is 14.7. The van der Waals surface area contributed by atoms with Gasteiger partial charge in [0.2, 0.25) is 0 Å². The molecule has 2 nitrogen and oxygen atoms in total. The standard InChI is InChI=1S/C14H8N2/c1-2-4-11-10(3-1)13-12-9(5-7-15-13)6-8-16-14(11)12/h1-8H. The number of hydrogen-bond donors (Lipinski definition) is 0. The highest BCUT2D eigenvalue weighted by Crippen LogP contribution is 2.43. The molecule has 2 aromatic heterocycles. The summed E-state index contributed by atoms with van der Waals surface area (Å²) in [6, 6.07) is 12.4. The first-order chi connectivity index (χ1) is 7.95. The molecule has 0 saturated carbocycles. The van der Waals surface area contributed by atoms with E-state index in [-0.39, 0.29) is 0 Å². The lowest BCUT2D eigenvalue weighted by Crippen LogP contribution is -1.81. The van der Waals surface area contributed by atoms with Crippen LogP contribution in [0.15, 0.2) is 48.8 Å². The molecule has 0 bridgehead atoms. The Labute approximate surface area is 92.6 Å². The fraction of sp³-hybridized carbons (Fsp3) is 0. The summed E-state index contributed by atoms with van der Waals surface area (Å²) in [6.07, 6.45) is 3.73. The molecule has 0 aliphatic heterocycles. The molecule has 0 N–H and O–H groups in total. The van der Waals surface area contributed by atoms with E-state index in [1.165, 1.54) is 21.9 Å². The van der Waals surface area contributed by atoms with Gasteiger partial charge in [0.15, 0.2) is 0 Å². The summed E-state index contributed by atoms with van der Waals surface area (Å²) < 4.78 is 0. The highest BCUT2D eigenvalue weighted by molar-refractivity contribution is 6.12. The van der Waals surface area contributed by atoms with Gasteiger partial charge in [-0.2, -0.15) is 0 Å². The zero-order chi connectivity index (χ0) is 10.5. The Morgan fingerprint density at radius 1 is 0.688 bits per heavy atom. The maximum Gasteiger partial charge on any atom is 0.0809 e. The number of hydrogen-bond acceptors (Lipinski definition) is 2. The van der Waals surface area contributed by atoms with Crippen molar-refractivity contribution >= 4 is 10.8 Å². The van der Waals surface area contributed by atoms with Gasteiger partial charge in [-0.15, -0.1) is 0 Å². The van der Waals surface area contributed by atoms with Gasteiger partial charge in [-0.3, -0.25) is 9.97 Å². The van der Waals surface area contributed by atoms with E-state index in [0.717, 1.165) is 11.4 Å². The van der Waals surface area contributed by atoms with Crippen LogP contribution in [0, 0.1) is 0 Å². The van der Waals surface area contributed by atoms with Gasteiger partial charge in [0.05, 0.1) is 11.4 Å². The number of pyridine rings is 2. The number of fused-ring (bicyclic) bond motifs is 3. The van der Waals surface area contributed by atoms with Crippen molar-refractivity contribution in [2.45, 2.75) is 0 Å². The predicted octanol–water partition coefficient (Wildman–Crippen LogP) is 3.28. The van der Waals surface area contributed by atoms with E-state index in [2.05, 4.69) is 22.1 Å². The second-order valence-electron chi connectivity index (χ2n) is 3.96. The number of benzene rings is 1. The Kier molecular flexibility index (Phi) is 1.33. The van der Waals surface area contributed by atoms with Crippen LogP contribution in [0.25, 0.3) is 33.3 Å². The minimum Gasteiger partial charge on any atom is -0.255 e. The Bertz CT molecular complexity index is 659. The fourth-order valence-corrected chi connectivity index (χ4v) is 2.43. The second kappa shape index (κ2) is 2.67. The van der Waals surface area contributed by atoms with Crippen LogP contribution >= 0.6 is 0 Å². The molecule has 16 heavy (non-hydrogen) atoms. The van der Waals surface area contributed by atoms with Gasteiger partial charge in [0, 0.05) is 28.9 Å². The molecule has 2 heteroatoms. The Balaban J connectivity index is 2.31. The first kappa shape index (κ1) is 7.99. The SMILES string of the molecule is c1ccc2c(c1)-c1nccc3ccnc-2c13. The summed E-state index contributed by atoms with van der Waals surface area (Å²) in [5.41, 5.74) is 4.52. The quantitative estimate of drug-likeness (QED) is 0.439. The largest absolute Gasteiger partial charge is 0.255 e. The number of rotatable bonds is 0. The Morgan fingerprint density at radius 2 is 1.25 bits per heavy atom. The lowest BCUT2D eigenvalue weighted by atomic mass is 10.1. The van der Waals surface area contributed by atoms with Crippen molar-refractivity contribution in [3.05, 3.63) is 48.8 Å². The van der Waals surface area contributed by atoms with Crippen LogP contribution in [0.2, 0.25) is 0 Å². The molecule has 0 amide bonds. The second-order valence-corrected chi connectivity index (χ2v) is 3.96. The van der Waals surface area contributed by atoms with E-state index in [1.807, 2.05) is 36.7 Å². The molecule has 0 unspecified atom stereocenters.